The van der Waals surface area contributed by atoms with Crippen LogP contribution in [0.2, 0.25) is 5.23 Å². The van der Waals surface area contributed by atoms with Gasteiger partial charge in [-0.15, -0.1) is 0 Å². The van der Waals surface area contributed by atoms with Crippen molar-refractivity contribution in [1.29, 1.82) is 0 Å². The van der Waals surface area contributed by atoms with E-state index in [4.69, 9.17) is 0 Å². The Kier molecular flexibility index (Phi) is 4.11. The molecule has 4 rings (SSSR count). The molecule has 0 saturated heterocycles. The third-order valence-corrected chi connectivity index (χ3v) is 17.5. The predicted octanol–water partition coefficient (Wildman–Crippen LogP) is 4.54. The molecule has 0 aromatic heterocycles. The monoisotopic (exact) mass is 359 g/mol. The Bertz CT molecular complexity index is 822. The van der Waals surface area contributed by atoms with Crippen LogP contribution in [0.3, 0.4) is 0 Å². The molecule has 1 aliphatic rings. The van der Waals surface area contributed by atoms with Crippen LogP contribution in [-0.2, 0) is 15.3 Å². The number of allylic oxidation sites excluding steroid dienone is 4. The van der Waals surface area contributed by atoms with Crippen LogP contribution < -0.4 is 11.6 Å². The second kappa shape index (κ2) is 6.30. The zero-order valence-electron chi connectivity index (χ0n) is 14.6. The van der Waals surface area contributed by atoms with Crippen molar-refractivity contribution >= 4 is 11.6 Å². The normalized spacial score (nSPS) is 15.4. The summed E-state index contributed by atoms with van der Waals surface area (Å²) in [5.41, 5.74) is 0. The summed E-state index contributed by atoms with van der Waals surface area (Å²) in [7, 11) is 0. The van der Waals surface area contributed by atoms with Crippen molar-refractivity contribution in [3.8, 4) is 0 Å². The summed E-state index contributed by atoms with van der Waals surface area (Å²) in [6, 6.07) is 33.6. The van der Waals surface area contributed by atoms with Crippen LogP contribution in [0.15, 0.2) is 113 Å². The molecule has 3 aromatic carbocycles. The van der Waals surface area contributed by atoms with Gasteiger partial charge in [-0.2, -0.15) is 0 Å². The Morgan fingerprint density at radius 2 is 1.00 bits per heavy atom. The van der Waals surface area contributed by atoms with Gasteiger partial charge in [0.2, 0.25) is 0 Å². The molecule has 0 nitrogen and oxygen atoms in total. The van der Waals surface area contributed by atoms with Crippen LogP contribution in [0.25, 0.3) is 0 Å². The molecule has 0 spiro atoms. The Morgan fingerprint density at radius 3 is 1.32 bits per heavy atom. The van der Waals surface area contributed by atoms with Gasteiger partial charge in [-0.3, -0.25) is 0 Å². The minimum absolute atomic E-state index is 1.05. The average molecular weight is 359 g/mol. The van der Waals surface area contributed by atoms with E-state index in [1.165, 1.54) is 11.6 Å². The van der Waals surface area contributed by atoms with Gasteiger partial charge in [-0.1, -0.05) is 0 Å². The van der Waals surface area contributed by atoms with Crippen molar-refractivity contribution in [3.05, 3.63) is 113 Å². The fourth-order valence-corrected chi connectivity index (χ4v) is 14.4. The summed E-state index contributed by atoms with van der Waals surface area (Å²) in [4.78, 5) is 0. The molecule has 123 valence electrons. The maximum atomic E-state index is 2.58. The average Bonchev–Trinajstić information content (AvgIpc) is 3.25. The molecule has 0 N–H and O–H groups in total. The first-order valence-corrected chi connectivity index (χ1v) is 13.6. The standard InChI is InChI=1S/3C6H5.C5H5.CH3.Ti/c3*1-2-4-6-5-3-1;1-2-4-5-3-1;;/h3*1-5H;1-3H,4H2;1H3;. The Balaban J connectivity index is 2.17. The first kappa shape index (κ1) is 16.3. The van der Waals surface area contributed by atoms with Crippen LogP contribution >= 0.6 is 0 Å². The molecule has 3 aromatic rings. The zero-order valence-corrected chi connectivity index (χ0v) is 16.2. The van der Waals surface area contributed by atoms with Crippen molar-refractivity contribution in [2.24, 2.45) is 0 Å². The van der Waals surface area contributed by atoms with Crippen molar-refractivity contribution in [3.63, 3.8) is 0 Å². The van der Waals surface area contributed by atoms with Crippen molar-refractivity contribution in [2.75, 3.05) is 0 Å². The van der Waals surface area contributed by atoms with E-state index in [0.29, 0.717) is 0 Å². The van der Waals surface area contributed by atoms with Gasteiger partial charge in [0.05, 0.1) is 0 Å². The van der Waals surface area contributed by atoms with Gasteiger partial charge in [-0.25, -0.2) is 0 Å². The molecule has 0 heterocycles. The molecule has 1 heteroatoms. The summed E-state index contributed by atoms with van der Waals surface area (Å²) in [6.45, 7) is 0. The number of rotatable bonds is 4. The van der Waals surface area contributed by atoms with Crippen LogP contribution in [0.4, 0.5) is 0 Å². The predicted molar refractivity (Wildman–Crippen MR) is 106 cm³/mol. The van der Waals surface area contributed by atoms with Gasteiger partial charge in [0, 0.05) is 0 Å². The van der Waals surface area contributed by atoms with Gasteiger partial charge >= 0.3 is 152 Å². The van der Waals surface area contributed by atoms with E-state index < -0.39 is 15.3 Å². The van der Waals surface area contributed by atoms with Crippen molar-refractivity contribution in [2.45, 2.75) is 11.6 Å². The number of benzene rings is 3. The number of hydrogen-bond acceptors (Lipinski definition) is 0. The van der Waals surface area contributed by atoms with E-state index in [1.54, 1.807) is 3.88 Å². The van der Waals surface area contributed by atoms with Gasteiger partial charge in [0.25, 0.3) is 0 Å². The summed E-state index contributed by atoms with van der Waals surface area (Å²) in [5.74, 6) is 0. The van der Waals surface area contributed by atoms with Gasteiger partial charge < -0.3 is 0 Å². The van der Waals surface area contributed by atoms with E-state index in [9.17, 15) is 0 Å². The molecule has 0 aliphatic heterocycles. The Hall–Kier alpha value is -2.15. The molecule has 0 radical (unpaired) electrons. The second-order valence-corrected chi connectivity index (χ2v) is 16.3. The molecule has 0 saturated carbocycles. The Labute approximate surface area is 151 Å². The van der Waals surface area contributed by atoms with Crippen molar-refractivity contribution in [1.82, 2.24) is 0 Å². The van der Waals surface area contributed by atoms with E-state index in [0.717, 1.165) is 6.42 Å². The van der Waals surface area contributed by atoms with Crippen molar-refractivity contribution < 1.29 is 15.3 Å². The Morgan fingerprint density at radius 1 is 0.600 bits per heavy atom. The fraction of sp³-hybridized carbons (Fsp3) is 0.0833. The third kappa shape index (κ3) is 2.33. The maximum absolute atomic E-state index is 3.63. The van der Waals surface area contributed by atoms with Gasteiger partial charge in [-0.05, 0) is 0 Å². The van der Waals surface area contributed by atoms with E-state index >= 15 is 0 Å². The molecular weight excluding hydrogens is 336 g/mol. The minimum atomic E-state index is -3.63. The molecular formula is C24H23Ti. The topological polar surface area (TPSA) is 0 Å². The van der Waals surface area contributed by atoms with Crippen LogP contribution in [0.5, 0.6) is 0 Å². The molecule has 0 fully saturated rings. The fourth-order valence-electron chi connectivity index (χ4n) is 4.53. The summed E-state index contributed by atoms with van der Waals surface area (Å²) < 4.78 is 6.08. The zero-order chi connectivity index (χ0) is 17.2. The third-order valence-electron chi connectivity index (χ3n) is 6.06. The van der Waals surface area contributed by atoms with Gasteiger partial charge in [0.15, 0.2) is 0 Å². The van der Waals surface area contributed by atoms with E-state index in [1.807, 2.05) is 0 Å². The van der Waals surface area contributed by atoms with E-state index in [-0.39, 0.29) is 0 Å². The molecule has 0 atom stereocenters. The summed E-state index contributed by atoms with van der Waals surface area (Å²) >= 11 is -3.63. The summed E-state index contributed by atoms with van der Waals surface area (Å²) in [5, 5.41) is 2.58. The molecule has 0 unspecified atom stereocenters. The second-order valence-electron chi connectivity index (χ2n) is 7.17. The van der Waals surface area contributed by atoms with Crippen LogP contribution in [0, 0.1) is 0 Å². The first-order valence-electron chi connectivity index (χ1n) is 8.95. The molecule has 25 heavy (non-hydrogen) atoms. The van der Waals surface area contributed by atoms with Gasteiger partial charge in [0.1, 0.15) is 0 Å². The first-order chi connectivity index (χ1) is 12.2. The van der Waals surface area contributed by atoms with E-state index in [2.05, 4.69) is 114 Å². The number of hydrogen-bond donors (Lipinski definition) is 0. The molecule has 0 bridgehead atoms. The SMILES string of the molecule is [CH3][Ti]([C]1=CC=CC1)([c]1ccccc1)([c]1ccccc1)[c]1ccccc1. The molecule has 0 amide bonds. The summed E-state index contributed by atoms with van der Waals surface area (Å²) in [6.07, 6.45) is 7.96. The quantitative estimate of drug-likeness (QED) is 0.600. The molecule has 1 aliphatic carbocycles. The van der Waals surface area contributed by atoms with Crippen LogP contribution in [-0.4, -0.2) is 0 Å². The van der Waals surface area contributed by atoms with Crippen LogP contribution in [0.1, 0.15) is 6.42 Å².